The van der Waals surface area contributed by atoms with Crippen molar-refractivity contribution < 1.29 is 0 Å². The molecular weight excluding hydrogens is 220 g/mol. The monoisotopic (exact) mass is 224 g/mol. The van der Waals surface area contributed by atoms with Crippen LogP contribution in [0.4, 0.5) is 0 Å². The lowest BCUT2D eigenvalue weighted by Crippen LogP contribution is -1.64. The third-order valence-electron chi connectivity index (χ3n) is 0.503. The van der Waals surface area contributed by atoms with Gasteiger partial charge in [-0.1, -0.05) is 38.4 Å². The molecule has 40 valence electrons. The van der Waals surface area contributed by atoms with Gasteiger partial charge in [-0.2, -0.15) is 0 Å². The van der Waals surface area contributed by atoms with E-state index in [1.165, 1.54) is 0 Å². The summed E-state index contributed by atoms with van der Waals surface area (Å²) in [4.78, 5) is 1.79. The Labute approximate surface area is 60.6 Å². The van der Waals surface area contributed by atoms with Gasteiger partial charge in [0.05, 0.1) is 0 Å². The fourth-order valence-electron chi connectivity index (χ4n) is 0.0931. The van der Waals surface area contributed by atoms with Crippen LogP contribution in [0.1, 0.15) is 6.92 Å². The Morgan fingerprint density at radius 3 is 2.14 bits per heavy atom. The van der Waals surface area contributed by atoms with Crippen molar-refractivity contribution in [3.8, 4) is 0 Å². The lowest BCUT2D eigenvalue weighted by molar-refractivity contribution is 1.56. The summed E-state index contributed by atoms with van der Waals surface area (Å²) in [6, 6.07) is 0. The maximum atomic E-state index is 3.68. The molecule has 0 heterocycles. The van der Waals surface area contributed by atoms with Gasteiger partial charge in [-0.15, -0.1) is 0 Å². The van der Waals surface area contributed by atoms with Gasteiger partial charge in [-0.25, -0.2) is 0 Å². The first-order valence-corrected chi connectivity index (χ1v) is 3.51. The van der Waals surface area contributed by atoms with Crippen LogP contribution in [-0.2, 0) is 0 Å². The molecule has 0 aliphatic heterocycles. The van der Waals surface area contributed by atoms with E-state index in [2.05, 4.69) is 38.4 Å². The van der Waals surface area contributed by atoms with Crippen LogP contribution in [0, 0.1) is 0 Å². The van der Waals surface area contributed by atoms with E-state index in [0.29, 0.717) is 0 Å². The van der Waals surface area contributed by atoms with E-state index in [1.54, 1.807) is 4.99 Å². The molecule has 0 spiro atoms. The fraction of sp³-hybridized carbons (Fsp3) is 0.200. The lowest BCUT2D eigenvalue weighted by atomic mass is 10.4. The summed E-state index contributed by atoms with van der Waals surface area (Å²) < 4.78 is 1.01. The number of halogens is 2. The van der Waals surface area contributed by atoms with Crippen LogP contribution in [-0.4, -0.2) is 0 Å². The Bertz CT molecular complexity index is 103. The zero-order valence-corrected chi connectivity index (χ0v) is 7.21. The average molecular weight is 226 g/mol. The molecule has 7 heavy (non-hydrogen) atoms. The van der Waals surface area contributed by atoms with Crippen LogP contribution in [0.25, 0.3) is 0 Å². The van der Waals surface area contributed by atoms with Gasteiger partial charge in [0.25, 0.3) is 0 Å². The van der Waals surface area contributed by atoms with Gasteiger partial charge in [0.2, 0.25) is 0 Å². The summed E-state index contributed by atoms with van der Waals surface area (Å²) in [5.41, 5.74) is 1.02. The number of rotatable bonds is 1. The van der Waals surface area contributed by atoms with Crippen molar-refractivity contribution in [2.45, 2.75) is 6.92 Å². The molecule has 0 saturated carbocycles. The first-order chi connectivity index (χ1) is 3.18. The van der Waals surface area contributed by atoms with Gasteiger partial charge in [0, 0.05) is 4.48 Å². The molecule has 0 radical (unpaired) electrons. The molecule has 0 aromatic carbocycles. The van der Waals surface area contributed by atoms with Gasteiger partial charge in [0.15, 0.2) is 0 Å². The molecule has 0 rings (SSSR count). The summed E-state index contributed by atoms with van der Waals surface area (Å²) in [6.07, 6.45) is 0. The zero-order valence-electron chi connectivity index (χ0n) is 4.04. The molecule has 0 aliphatic carbocycles. The minimum atomic E-state index is 1.01. The van der Waals surface area contributed by atoms with Crippen LogP contribution >= 0.6 is 31.9 Å². The fourth-order valence-corrected chi connectivity index (χ4v) is 0.484. The summed E-state index contributed by atoms with van der Waals surface area (Å²) >= 11 is 6.40. The highest BCUT2D eigenvalue weighted by atomic mass is 79.9. The number of hydrogen-bond donors (Lipinski definition) is 0. The third-order valence-corrected chi connectivity index (χ3v) is 2.48. The minimum absolute atomic E-state index is 1.01. The first-order valence-electron chi connectivity index (χ1n) is 1.80. The average Bonchev–Trinajstić information content (AvgIpc) is 1.65. The molecule has 0 bridgehead atoms. The minimum Gasteiger partial charge on any atom is -0.0950 e. The van der Waals surface area contributed by atoms with Gasteiger partial charge in [-0.05, 0) is 17.5 Å². The molecule has 0 aromatic heterocycles. The lowest BCUT2D eigenvalue weighted by Gasteiger charge is -1.88. The van der Waals surface area contributed by atoms with E-state index >= 15 is 0 Å². The summed E-state index contributed by atoms with van der Waals surface area (Å²) in [5.74, 6) is 0. The second kappa shape index (κ2) is 3.44. The Balaban J connectivity index is 3.82. The van der Waals surface area contributed by atoms with Crippen LogP contribution in [0.3, 0.4) is 0 Å². The standard InChI is InChI=1S/C5H6Br2/c1-4(2)5(7)3-6/h3H,1H2,2H3/b5-3-. The molecule has 0 fully saturated rings. The Morgan fingerprint density at radius 2 is 2.14 bits per heavy atom. The van der Waals surface area contributed by atoms with Crippen LogP contribution in [0.2, 0.25) is 0 Å². The second-order valence-corrected chi connectivity index (χ2v) is 2.55. The van der Waals surface area contributed by atoms with E-state index in [1.807, 2.05) is 6.92 Å². The quantitative estimate of drug-likeness (QED) is 0.602. The Kier molecular flexibility index (Phi) is 3.66. The third kappa shape index (κ3) is 3.06. The highest BCUT2D eigenvalue weighted by molar-refractivity contribution is 9.14. The van der Waals surface area contributed by atoms with Gasteiger partial charge >= 0.3 is 0 Å². The van der Waals surface area contributed by atoms with E-state index < -0.39 is 0 Å². The van der Waals surface area contributed by atoms with Crippen molar-refractivity contribution in [1.29, 1.82) is 0 Å². The van der Waals surface area contributed by atoms with Crippen LogP contribution in [0.5, 0.6) is 0 Å². The van der Waals surface area contributed by atoms with Crippen molar-refractivity contribution in [2.75, 3.05) is 0 Å². The van der Waals surface area contributed by atoms with Crippen molar-refractivity contribution in [3.63, 3.8) is 0 Å². The summed E-state index contributed by atoms with van der Waals surface area (Å²) in [7, 11) is 0. The predicted molar refractivity (Wildman–Crippen MR) is 40.8 cm³/mol. The smallest absolute Gasteiger partial charge is 0.0267 e. The van der Waals surface area contributed by atoms with Crippen molar-refractivity contribution in [1.82, 2.24) is 0 Å². The molecule has 0 nitrogen and oxygen atoms in total. The molecule has 0 aromatic rings. The number of allylic oxidation sites excluding steroid dienone is 2. The molecule has 0 atom stereocenters. The topological polar surface area (TPSA) is 0 Å². The van der Waals surface area contributed by atoms with E-state index in [4.69, 9.17) is 0 Å². The van der Waals surface area contributed by atoms with E-state index in [0.717, 1.165) is 10.1 Å². The van der Waals surface area contributed by atoms with Crippen molar-refractivity contribution in [2.24, 2.45) is 0 Å². The Morgan fingerprint density at radius 1 is 1.71 bits per heavy atom. The summed E-state index contributed by atoms with van der Waals surface area (Å²) in [6.45, 7) is 5.61. The summed E-state index contributed by atoms with van der Waals surface area (Å²) in [5, 5.41) is 0. The number of hydrogen-bond acceptors (Lipinski definition) is 0. The molecular formula is C5H6Br2. The Hall–Kier alpha value is 0.440. The normalized spacial score (nSPS) is 11.6. The highest BCUT2D eigenvalue weighted by Crippen LogP contribution is 2.15. The first kappa shape index (κ1) is 7.44. The van der Waals surface area contributed by atoms with Gasteiger partial charge < -0.3 is 0 Å². The van der Waals surface area contributed by atoms with Crippen LogP contribution < -0.4 is 0 Å². The predicted octanol–water partition coefficient (Wildman–Crippen LogP) is 3.19. The van der Waals surface area contributed by atoms with Crippen LogP contribution in [0.15, 0.2) is 21.6 Å². The molecule has 0 amide bonds. The van der Waals surface area contributed by atoms with Crippen molar-refractivity contribution in [3.05, 3.63) is 21.6 Å². The SMILES string of the molecule is C=C(C)/C(Br)=C/Br. The highest BCUT2D eigenvalue weighted by Gasteiger charge is 1.85. The molecule has 0 saturated heterocycles. The maximum Gasteiger partial charge on any atom is 0.0267 e. The molecule has 2 heteroatoms. The molecule has 0 N–H and O–H groups in total. The van der Waals surface area contributed by atoms with Gasteiger partial charge in [0.1, 0.15) is 0 Å². The second-order valence-electron chi connectivity index (χ2n) is 1.24. The maximum absolute atomic E-state index is 3.68. The largest absolute Gasteiger partial charge is 0.0950 e. The molecule has 0 unspecified atom stereocenters. The van der Waals surface area contributed by atoms with E-state index in [9.17, 15) is 0 Å². The van der Waals surface area contributed by atoms with Crippen molar-refractivity contribution >= 4 is 31.9 Å². The van der Waals surface area contributed by atoms with E-state index in [-0.39, 0.29) is 0 Å². The van der Waals surface area contributed by atoms with Gasteiger partial charge in [-0.3, -0.25) is 0 Å². The molecule has 0 aliphatic rings. The zero-order chi connectivity index (χ0) is 5.86.